The Bertz CT molecular complexity index is 485. The normalized spacial score (nSPS) is 19.9. The number of likely N-dealkylation sites (tertiary alicyclic amines) is 1. The summed E-state index contributed by atoms with van der Waals surface area (Å²) in [7, 11) is 2.13. The Hall–Kier alpha value is -1.33. The molecule has 0 aromatic carbocycles. The number of nitrogens with two attached hydrogens (primary N) is 1. The first kappa shape index (κ1) is 15.1. The zero-order valence-electron chi connectivity index (χ0n) is 12.6. The Balaban J connectivity index is 1.84. The number of aromatic nitrogens is 1. The van der Waals surface area contributed by atoms with Crippen LogP contribution >= 0.6 is 0 Å². The van der Waals surface area contributed by atoms with E-state index in [9.17, 15) is 4.79 Å². The lowest BCUT2D eigenvalue weighted by atomic mass is 10.2. The van der Waals surface area contributed by atoms with E-state index in [1.165, 1.54) is 25.5 Å². The number of likely N-dealkylation sites (N-methyl/N-ethyl adjacent to an activating group) is 2. The molecule has 1 aliphatic heterocycles. The molecule has 5 nitrogen and oxygen atoms in total. The fourth-order valence-corrected chi connectivity index (χ4v) is 2.97. The van der Waals surface area contributed by atoms with Gasteiger partial charge in [-0.3, -0.25) is 9.69 Å². The van der Waals surface area contributed by atoms with Gasteiger partial charge in [0.25, 0.3) is 5.56 Å². The molecule has 2 N–H and O–H groups in total. The van der Waals surface area contributed by atoms with Crippen LogP contribution in [-0.2, 0) is 6.54 Å². The first-order valence-corrected chi connectivity index (χ1v) is 7.48. The van der Waals surface area contributed by atoms with Gasteiger partial charge in [0.15, 0.2) is 0 Å². The zero-order chi connectivity index (χ0) is 14.5. The fourth-order valence-electron chi connectivity index (χ4n) is 2.97. The van der Waals surface area contributed by atoms with E-state index in [4.69, 9.17) is 5.73 Å². The molecule has 1 saturated heterocycles. The minimum Gasteiger partial charge on any atom is -0.398 e. The van der Waals surface area contributed by atoms with Crippen LogP contribution in [0.4, 0.5) is 5.69 Å². The second-order valence-corrected chi connectivity index (χ2v) is 5.68. The van der Waals surface area contributed by atoms with E-state index >= 15 is 0 Å². The second-order valence-electron chi connectivity index (χ2n) is 5.68. The number of pyridine rings is 1. The Morgan fingerprint density at radius 1 is 1.45 bits per heavy atom. The average molecular weight is 278 g/mol. The van der Waals surface area contributed by atoms with Gasteiger partial charge in [0, 0.05) is 43.6 Å². The number of rotatable bonds is 6. The SMILES string of the molecule is CCN1CCCC1CN(C)CCn1cc(N)ccc1=O. The van der Waals surface area contributed by atoms with Crippen molar-refractivity contribution in [1.29, 1.82) is 0 Å². The summed E-state index contributed by atoms with van der Waals surface area (Å²) in [6.45, 7) is 7.23. The molecule has 1 atom stereocenters. The maximum absolute atomic E-state index is 11.7. The summed E-state index contributed by atoms with van der Waals surface area (Å²) in [5, 5.41) is 0. The third-order valence-electron chi connectivity index (χ3n) is 4.16. The van der Waals surface area contributed by atoms with Gasteiger partial charge in [-0.1, -0.05) is 6.92 Å². The average Bonchev–Trinajstić information content (AvgIpc) is 2.87. The summed E-state index contributed by atoms with van der Waals surface area (Å²) in [5.74, 6) is 0. The lowest BCUT2D eigenvalue weighted by Crippen LogP contribution is -2.40. The summed E-state index contributed by atoms with van der Waals surface area (Å²) in [5.41, 5.74) is 6.38. The van der Waals surface area contributed by atoms with Crippen LogP contribution in [0.5, 0.6) is 0 Å². The van der Waals surface area contributed by atoms with Gasteiger partial charge in [-0.2, -0.15) is 0 Å². The minimum absolute atomic E-state index is 0.0173. The monoisotopic (exact) mass is 278 g/mol. The van der Waals surface area contributed by atoms with Crippen LogP contribution in [0.25, 0.3) is 0 Å². The van der Waals surface area contributed by atoms with Crippen molar-refractivity contribution in [3.8, 4) is 0 Å². The van der Waals surface area contributed by atoms with Crippen LogP contribution in [0.1, 0.15) is 19.8 Å². The van der Waals surface area contributed by atoms with E-state index in [1.54, 1.807) is 16.8 Å². The molecule has 1 aromatic rings. The number of nitrogen functional groups attached to an aromatic ring is 1. The van der Waals surface area contributed by atoms with Gasteiger partial charge in [0.1, 0.15) is 0 Å². The van der Waals surface area contributed by atoms with E-state index < -0.39 is 0 Å². The second kappa shape index (κ2) is 6.90. The first-order valence-electron chi connectivity index (χ1n) is 7.48. The summed E-state index contributed by atoms with van der Waals surface area (Å²) in [6, 6.07) is 3.85. The van der Waals surface area contributed by atoms with Gasteiger partial charge < -0.3 is 15.2 Å². The van der Waals surface area contributed by atoms with E-state index in [1.807, 2.05) is 0 Å². The molecule has 1 aromatic heterocycles. The molecule has 1 aliphatic rings. The Morgan fingerprint density at radius 3 is 3.00 bits per heavy atom. The molecular formula is C15H26N4O. The van der Waals surface area contributed by atoms with Crippen LogP contribution in [0.3, 0.4) is 0 Å². The lowest BCUT2D eigenvalue weighted by molar-refractivity contribution is 0.195. The highest BCUT2D eigenvalue weighted by Gasteiger charge is 2.23. The molecule has 0 radical (unpaired) electrons. The minimum atomic E-state index is 0.0173. The van der Waals surface area contributed by atoms with Gasteiger partial charge in [0.2, 0.25) is 0 Å². The van der Waals surface area contributed by atoms with Crippen LogP contribution in [-0.4, -0.2) is 53.6 Å². The Morgan fingerprint density at radius 2 is 2.25 bits per heavy atom. The molecule has 1 fully saturated rings. The smallest absolute Gasteiger partial charge is 0.250 e. The Labute approximate surface area is 121 Å². The highest BCUT2D eigenvalue weighted by Crippen LogP contribution is 2.17. The van der Waals surface area contributed by atoms with E-state index in [-0.39, 0.29) is 5.56 Å². The van der Waals surface area contributed by atoms with Crippen molar-refractivity contribution >= 4 is 5.69 Å². The van der Waals surface area contributed by atoms with Crippen molar-refractivity contribution in [1.82, 2.24) is 14.4 Å². The molecule has 0 amide bonds. The zero-order valence-corrected chi connectivity index (χ0v) is 12.6. The fraction of sp³-hybridized carbons (Fsp3) is 0.667. The standard InChI is InChI=1S/C15H26N4O/c1-3-18-8-4-5-14(18)12-17(2)9-10-19-11-13(16)6-7-15(19)20/h6-7,11,14H,3-5,8-10,12,16H2,1-2H3. The lowest BCUT2D eigenvalue weighted by Gasteiger charge is -2.27. The van der Waals surface area contributed by atoms with Gasteiger partial charge in [-0.25, -0.2) is 0 Å². The van der Waals surface area contributed by atoms with Crippen molar-refractivity contribution in [2.45, 2.75) is 32.4 Å². The highest BCUT2D eigenvalue weighted by atomic mass is 16.1. The predicted octanol–water partition coefficient (Wildman–Crippen LogP) is 0.847. The van der Waals surface area contributed by atoms with E-state index in [0.717, 1.165) is 19.6 Å². The van der Waals surface area contributed by atoms with Gasteiger partial charge in [-0.15, -0.1) is 0 Å². The molecule has 2 heterocycles. The maximum Gasteiger partial charge on any atom is 0.250 e. The molecule has 0 aliphatic carbocycles. The van der Waals surface area contributed by atoms with E-state index in [2.05, 4.69) is 23.8 Å². The molecule has 20 heavy (non-hydrogen) atoms. The van der Waals surface area contributed by atoms with Crippen LogP contribution in [0.15, 0.2) is 23.1 Å². The van der Waals surface area contributed by atoms with Crippen molar-refractivity contribution < 1.29 is 0 Å². The summed E-state index contributed by atoms with van der Waals surface area (Å²) >= 11 is 0. The molecule has 1 unspecified atom stereocenters. The van der Waals surface area contributed by atoms with Crippen molar-refractivity contribution in [3.63, 3.8) is 0 Å². The van der Waals surface area contributed by atoms with Crippen molar-refractivity contribution in [2.24, 2.45) is 0 Å². The van der Waals surface area contributed by atoms with Gasteiger partial charge in [0.05, 0.1) is 0 Å². The summed E-state index contributed by atoms with van der Waals surface area (Å²) in [6.07, 6.45) is 4.32. The first-order chi connectivity index (χ1) is 9.60. The Kier molecular flexibility index (Phi) is 5.20. The molecule has 2 rings (SSSR count). The summed E-state index contributed by atoms with van der Waals surface area (Å²) < 4.78 is 1.69. The van der Waals surface area contributed by atoms with Crippen molar-refractivity contribution in [3.05, 3.63) is 28.7 Å². The van der Waals surface area contributed by atoms with Crippen molar-refractivity contribution in [2.75, 3.05) is 39.0 Å². The number of hydrogen-bond donors (Lipinski definition) is 1. The molecule has 0 spiro atoms. The molecular weight excluding hydrogens is 252 g/mol. The third-order valence-corrected chi connectivity index (χ3v) is 4.16. The van der Waals surface area contributed by atoms with Gasteiger partial charge >= 0.3 is 0 Å². The van der Waals surface area contributed by atoms with Crippen LogP contribution in [0.2, 0.25) is 0 Å². The topological polar surface area (TPSA) is 54.5 Å². The molecule has 0 bridgehead atoms. The molecule has 112 valence electrons. The quantitative estimate of drug-likeness (QED) is 0.838. The molecule has 5 heteroatoms. The van der Waals surface area contributed by atoms with E-state index in [0.29, 0.717) is 18.3 Å². The third kappa shape index (κ3) is 3.84. The number of nitrogens with zero attached hydrogens (tertiary/aromatic N) is 3. The van der Waals surface area contributed by atoms with Crippen LogP contribution < -0.4 is 11.3 Å². The number of hydrogen-bond acceptors (Lipinski definition) is 4. The largest absolute Gasteiger partial charge is 0.398 e. The maximum atomic E-state index is 11.7. The molecule has 0 saturated carbocycles. The van der Waals surface area contributed by atoms with Crippen LogP contribution in [0, 0.1) is 0 Å². The predicted molar refractivity (Wildman–Crippen MR) is 82.9 cm³/mol. The number of anilines is 1. The van der Waals surface area contributed by atoms with Gasteiger partial charge in [-0.05, 0) is 39.0 Å². The highest BCUT2D eigenvalue weighted by molar-refractivity contribution is 5.33. The summed E-state index contributed by atoms with van der Waals surface area (Å²) in [4.78, 5) is 16.6.